The molecule has 0 radical (unpaired) electrons. The molecule has 4 aromatic heterocycles. The third-order valence-corrected chi connectivity index (χ3v) is 11.1. The Morgan fingerprint density at radius 2 is 1.27 bits per heavy atom. The molecular weight excluding hydrogens is 553 g/mol. The van der Waals surface area contributed by atoms with E-state index in [1.54, 1.807) is 0 Å². The monoisotopic (exact) mass is 581 g/mol. The number of thiophene rings is 1. The van der Waals surface area contributed by atoms with Crippen molar-refractivity contribution in [2.45, 2.75) is 27.7 Å². The first-order chi connectivity index (χ1) is 21.5. The second kappa shape index (κ2) is 8.40. The van der Waals surface area contributed by atoms with Crippen LogP contribution >= 0.6 is 11.3 Å². The first kappa shape index (κ1) is 24.6. The van der Waals surface area contributed by atoms with Crippen molar-refractivity contribution in [3.63, 3.8) is 0 Å². The number of hydrogen-bond donors (Lipinski definition) is 0. The molecule has 10 rings (SSSR count). The molecule has 9 aromatic rings. The van der Waals surface area contributed by atoms with Gasteiger partial charge in [0, 0.05) is 64.6 Å². The van der Waals surface area contributed by atoms with Gasteiger partial charge < -0.3 is 4.48 Å². The molecule has 1 aliphatic heterocycles. The minimum Gasteiger partial charge on any atom is -0.375 e. The van der Waals surface area contributed by atoms with E-state index in [2.05, 4.69) is 134 Å². The van der Waals surface area contributed by atoms with Crippen LogP contribution in [0, 0.1) is 27.7 Å². The molecule has 1 aliphatic rings. The maximum atomic E-state index is 5.21. The average Bonchev–Trinajstić information content (AvgIpc) is 3.66. The number of aryl methyl sites for hydroxylation is 4. The quantitative estimate of drug-likeness (QED) is 0.178. The van der Waals surface area contributed by atoms with E-state index in [0.717, 1.165) is 5.65 Å². The summed E-state index contributed by atoms with van der Waals surface area (Å²) >= 11 is 1.89. The smallest absolute Gasteiger partial charge is 0.332 e. The fraction of sp³-hybridized carbons (Fsp3) is 0.103. The molecule has 0 spiro atoms. The summed E-state index contributed by atoms with van der Waals surface area (Å²) in [6.07, 6.45) is 2.09. The van der Waals surface area contributed by atoms with Crippen LogP contribution in [-0.2, 0) is 0 Å². The van der Waals surface area contributed by atoms with Crippen molar-refractivity contribution in [1.29, 1.82) is 0 Å². The first-order valence-corrected chi connectivity index (χ1v) is 16.2. The van der Waals surface area contributed by atoms with Crippen molar-refractivity contribution in [3.05, 3.63) is 119 Å². The zero-order chi connectivity index (χ0) is 29.4. The van der Waals surface area contributed by atoms with Crippen LogP contribution in [0.3, 0.4) is 0 Å². The van der Waals surface area contributed by atoms with Crippen molar-refractivity contribution in [2.75, 3.05) is 0 Å². The lowest BCUT2D eigenvalue weighted by molar-refractivity contribution is 1.14. The predicted molar refractivity (Wildman–Crippen MR) is 190 cm³/mol. The molecular formula is C39H28BN3S. The molecule has 0 aliphatic carbocycles. The number of aromatic nitrogens is 3. The van der Waals surface area contributed by atoms with E-state index in [0.29, 0.717) is 0 Å². The minimum absolute atomic E-state index is 0.0208. The third kappa shape index (κ3) is 2.95. The topological polar surface area (TPSA) is 22.8 Å². The average molecular weight is 582 g/mol. The van der Waals surface area contributed by atoms with Gasteiger partial charge >= 0.3 is 6.85 Å². The van der Waals surface area contributed by atoms with Crippen molar-refractivity contribution in [1.82, 2.24) is 14.0 Å². The lowest BCUT2D eigenvalue weighted by atomic mass is 9.48. The van der Waals surface area contributed by atoms with Gasteiger partial charge in [0.1, 0.15) is 5.65 Å². The zero-order valence-corrected chi connectivity index (χ0v) is 25.9. The van der Waals surface area contributed by atoms with Gasteiger partial charge in [-0.05, 0) is 74.0 Å². The number of para-hydroxylation sites is 2. The number of rotatable bonds is 1. The summed E-state index contributed by atoms with van der Waals surface area (Å²) < 4.78 is 7.73. The number of benzene rings is 5. The van der Waals surface area contributed by atoms with Crippen LogP contribution in [0.25, 0.3) is 69.6 Å². The van der Waals surface area contributed by atoms with Gasteiger partial charge in [0.25, 0.3) is 0 Å². The van der Waals surface area contributed by atoms with Crippen molar-refractivity contribution in [2.24, 2.45) is 0 Å². The third-order valence-electron chi connectivity index (χ3n) is 9.86. The molecule has 0 saturated carbocycles. The van der Waals surface area contributed by atoms with Gasteiger partial charge in [-0.3, -0.25) is 4.57 Å². The second-order valence-corrected chi connectivity index (χ2v) is 13.7. The molecule has 0 amide bonds. The first-order valence-electron chi connectivity index (χ1n) is 15.3. The Hall–Kier alpha value is -4.87. The minimum atomic E-state index is 0.0208. The Kier molecular flexibility index (Phi) is 4.69. The van der Waals surface area contributed by atoms with E-state index < -0.39 is 0 Å². The number of fused-ring (bicyclic) bond motifs is 12. The van der Waals surface area contributed by atoms with E-state index in [1.165, 1.54) is 97.1 Å². The molecule has 0 atom stereocenters. The van der Waals surface area contributed by atoms with Crippen LogP contribution < -0.4 is 10.9 Å². The molecule has 0 N–H and O–H groups in total. The van der Waals surface area contributed by atoms with Gasteiger partial charge in [-0.1, -0.05) is 77.9 Å². The zero-order valence-electron chi connectivity index (χ0n) is 25.1. The molecule has 0 saturated heterocycles. The summed E-state index contributed by atoms with van der Waals surface area (Å²) in [5.74, 6) is 0. The standard InChI is InChI=1S/C39H28BN3S/c1-21-16-23(3)35-27(18-21)28-19-22(2)17-24(4)36(28)43(35)40-30-12-6-7-14-32(30)42-37-26(11-9-13-31(37)40)34-38-29(20-41-39(34)42)25-10-5-8-15-33(25)44-38/h5-20H,1-4H3. The highest BCUT2D eigenvalue weighted by Gasteiger charge is 2.37. The summed E-state index contributed by atoms with van der Waals surface area (Å²) in [5, 5.41) is 7.75. The van der Waals surface area contributed by atoms with Gasteiger partial charge in [0.2, 0.25) is 0 Å². The molecule has 0 fully saturated rings. The van der Waals surface area contributed by atoms with Crippen LogP contribution in [0.5, 0.6) is 0 Å². The highest BCUT2D eigenvalue weighted by Crippen LogP contribution is 2.43. The van der Waals surface area contributed by atoms with Crippen LogP contribution in [0.2, 0.25) is 0 Å². The Labute approximate surface area is 259 Å². The van der Waals surface area contributed by atoms with Crippen LogP contribution in [0.15, 0.2) is 97.2 Å². The summed E-state index contributed by atoms with van der Waals surface area (Å²) in [7, 11) is 0. The normalized spacial score (nSPS) is 13.0. The van der Waals surface area contributed by atoms with Crippen LogP contribution in [-0.4, -0.2) is 20.9 Å². The van der Waals surface area contributed by atoms with Gasteiger partial charge in [0.05, 0.1) is 5.52 Å². The summed E-state index contributed by atoms with van der Waals surface area (Å²) in [6.45, 7) is 9.01. The number of pyridine rings is 1. The second-order valence-electron chi connectivity index (χ2n) is 12.7. The highest BCUT2D eigenvalue weighted by molar-refractivity contribution is 7.26. The van der Waals surface area contributed by atoms with E-state index in [9.17, 15) is 0 Å². The molecule has 3 nitrogen and oxygen atoms in total. The van der Waals surface area contributed by atoms with Gasteiger partial charge in [-0.15, -0.1) is 11.3 Å². The molecule has 5 aromatic carbocycles. The lowest BCUT2D eigenvalue weighted by Gasteiger charge is -2.28. The summed E-state index contributed by atoms with van der Waals surface area (Å²) in [5.41, 5.74) is 14.1. The fourth-order valence-electron chi connectivity index (χ4n) is 8.37. The Balaban J connectivity index is 1.42. The Bertz CT molecular complexity index is 2660. The van der Waals surface area contributed by atoms with Gasteiger partial charge in [-0.25, -0.2) is 4.98 Å². The SMILES string of the molecule is Cc1cc(C)c2c(c1)c1cc(C)cc(C)c1n2B1c2ccccc2-n2c3ncc4c5ccccc5sc4c3c3cccc1c32. The molecule has 44 heavy (non-hydrogen) atoms. The Morgan fingerprint density at radius 3 is 2.05 bits per heavy atom. The Morgan fingerprint density at radius 1 is 0.614 bits per heavy atom. The summed E-state index contributed by atoms with van der Waals surface area (Å²) in [4.78, 5) is 5.21. The number of hydrogen-bond acceptors (Lipinski definition) is 2. The van der Waals surface area contributed by atoms with Crippen LogP contribution in [0.4, 0.5) is 0 Å². The van der Waals surface area contributed by atoms with E-state index in [-0.39, 0.29) is 6.85 Å². The molecule has 0 unspecified atom stereocenters. The summed E-state index contributed by atoms with van der Waals surface area (Å²) in [6, 6.07) is 34.1. The van der Waals surface area contributed by atoms with E-state index in [1.807, 2.05) is 11.3 Å². The van der Waals surface area contributed by atoms with Gasteiger partial charge in [-0.2, -0.15) is 0 Å². The van der Waals surface area contributed by atoms with Crippen LogP contribution in [0.1, 0.15) is 22.3 Å². The maximum absolute atomic E-state index is 5.21. The van der Waals surface area contributed by atoms with Crippen molar-refractivity contribution >= 4 is 93.0 Å². The number of nitrogens with zero attached hydrogens (tertiary/aromatic N) is 3. The molecule has 5 heterocycles. The van der Waals surface area contributed by atoms with Crippen molar-refractivity contribution < 1.29 is 0 Å². The van der Waals surface area contributed by atoms with E-state index in [4.69, 9.17) is 4.98 Å². The molecule has 208 valence electrons. The van der Waals surface area contributed by atoms with Gasteiger partial charge in [0.15, 0.2) is 0 Å². The molecule has 5 heteroatoms. The fourth-order valence-corrected chi connectivity index (χ4v) is 9.60. The molecule has 0 bridgehead atoms. The predicted octanol–water partition coefficient (Wildman–Crippen LogP) is 8.86. The lowest BCUT2D eigenvalue weighted by Crippen LogP contribution is -2.53. The highest BCUT2D eigenvalue weighted by atomic mass is 32.1. The van der Waals surface area contributed by atoms with E-state index >= 15 is 0 Å². The largest absolute Gasteiger partial charge is 0.375 e. The maximum Gasteiger partial charge on any atom is 0.332 e. The van der Waals surface area contributed by atoms with Crippen molar-refractivity contribution in [3.8, 4) is 5.69 Å².